The van der Waals surface area contributed by atoms with Crippen molar-refractivity contribution in [1.82, 2.24) is 10.2 Å². The quantitative estimate of drug-likeness (QED) is 0.578. The molecule has 0 spiro atoms. The van der Waals surface area contributed by atoms with Crippen LogP contribution in [0.4, 0.5) is 0 Å². The third-order valence-electron chi connectivity index (χ3n) is 8.13. The summed E-state index contributed by atoms with van der Waals surface area (Å²) in [5.74, 6) is 3.44. The molecule has 2 N–H and O–H groups in total. The molecule has 0 aromatic heterocycles. The van der Waals surface area contributed by atoms with Crippen molar-refractivity contribution in [2.45, 2.75) is 51.9 Å². The van der Waals surface area contributed by atoms with Crippen LogP contribution in [-0.4, -0.2) is 43.7 Å². The highest BCUT2D eigenvalue weighted by Crippen LogP contribution is 2.63. The van der Waals surface area contributed by atoms with E-state index in [1.165, 1.54) is 36.8 Å². The second-order valence-corrected chi connectivity index (χ2v) is 10.1. The van der Waals surface area contributed by atoms with Crippen molar-refractivity contribution >= 4 is 0 Å². The molecule has 4 rings (SSSR count). The molecule has 0 bridgehead atoms. The molecule has 3 aliphatic carbocycles. The fourth-order valence-electron chi connectivity index (χ4n) is 6.75. The first kappa shape index (κ1) is 20.0. The molecule has 2 fully saturated rings. The van der Waals surface area contributed by atoms with E-state index in [-0.39, 0.29) is 0 Å². The van der Waals surface area contributed by atoms with Crippen molar-refractivity contribution in [3.63, 3.8) is 0 Å². The van der Waals surface area contributed by atoms with E-state index >= 15 is 0 Å². The Morgan fingerprint density at radius 1 is 1.29 bits per heavy atom. The molecule has 28 heavy (non-hydrogen) atoms. The molecule has 0 radical (unpaired) electrons. The SMILES string of the molecule is C[C@@H]1Cc2cc(O)ccc2C2CCC3(C)/C(=C/CNCCN(C)C)CCC3C21. The van der Waals surface area contributed by atoms with Crippen LogP contribution >= 0.6 is 0 Å². The van der Waals surface area contributed by atoms with E-state index in [0.29, 0.717) is 23.0 Å². The lowest BCUT2D eigenvalue weighted by atomic mass is 9.52. The summed E-state index contributed by atoms with van der Waals surface area (Å²) in [6.45, 7) is 8.19. The molecule has 3 nitrogen and oxygen atoms in total. The summed E-state index contributed by atoms with van der Waals surface area (Å²) >= 11 is 0. The zero-order valence-corrected chi connectivity index (χ0v) is 18.2. The number of nitrogens with zero attached hydrogens (tertiary/aromatic N) is 1. The Kier molecular flexibility index (Phi) is 5.59. The van der Waals surface area contributed by atoms with Crippen LogP contribution < -0.4 is 5.32 Å². The van der Waals surface area contributed by atoms with E-state index in [1.807, 2.05) is 12.1 Å². The van der Waals surface area contributed by atoms with Crippen LogP contribution in [0, 0.1) is 23.2 Å². The standard InChI is InChI=1S/C25H38N2O/c1-17-15-18-16-20(28)6-7-21(18)22-9-11-25(2)19(5-8-23(25)24(17)22)10-12-26-13-14-27(3)4/h6-7,10,16-17,22-24,26,28H,5,8-9,11-15H2,1-4H3/b19-10+/t17-,22?,23?,24?,25?/m1/s1. The summed E-state index contributed by atoms with van der Waals surface area (Å²) in [5, 5.41) is 13.5. The zero-order valence-electron chi connectivity index (χ0n) is 18.2. The molecule has 5 atom stereocenters. The highest BCUT2D eigenvalue weighted by Gasteiger charge is 2.54. The summed E-state index contributed by atoms with van der Waals surface area (Å²) in [4.78, 5) is 2.23. The molecule has 3 heteroatoms. The van der Waals surface area contributed by atoms with E-state index in [0.717, 1.165) is 37.9 Å². The van der Waals surface area contributed by atoms with Crippen molar-refractivity contribution in [1.29, 1.82) is 0 Å². The van der Waals surface area contributed by atoms with Crippen LogP contribution in [0.15, 0.2) is 29.8 Å². The third kappa shape index (κ3) is 3.52. The summed E-state index contributed by atoms with van der Waals surface area (Å²) in [5.41, 5.74) is 5.05. The van der Waals surface area contributed by atoms with Crippen LogP contribution in [0.3, 0.4) is 0 Å². The van der Waals surface area contributed by atoms with Gasteiger partial charge in [0.05, 0.1) is 0 Å². The minimum Gasteiger partial charge on any atom is -0.508 e. The Morgan fingerprint density at radius 2 is 2.11 bits per heavy atom. The van der Waals surface area contributed by atoms with Gasteiger partial charge in [-0.2, -0.15) is 0 Å². The van der Waals surface area contributed by atoms with Crippen molar-refractivity contribution in [2.24, 2.45) is 23.2 Å². The fraction of sp³-hybridized carbons (Fsp3) is 0.680. The number of rotatable bonds is 5. The van der Waals surface area contributed by atoms with Gasteiger partial charge in [-0.3, -0.25) is 0 Å². The fourth-order valence-corrected chi connectivity index (χ4v) is 6.75. The molecule has 0 amide bonds. The largest absolute Gasteiger partial charge is 0.508 e. The molecule has 4 unspecified atom stereocenters. The van der Waals surface area contributed by atoms with Gasteiger partial charge in [-0.25, -0.2) is 0 Å². The van der Waals surface area contributed by atoms with Gasteiger partial charge in [-0.15, -0.1) is 0 Å². The summed E-state index contributed by atoms with van der Waals surface area (Å²) in [7, 11) is 4.26. The molecule has 1 aromatic rings. The second kappa shape index (κ2) is 7.84. The Balaban J connectivity index is 1.50. The summed E-state index contributed by atoms with van der Waals surface area (Å²) < 4.78 is 0. The number of phenolic OH excluding ortho intramolecular Hbond substituents is 1. The van der Waals surface area contributed by atoms with Crippen LogP contribution in [0.25, 0.3) is 0 Å². The van der Waals surface area contributed by atoms with E-state index < -0.39 is 0 Å². The number of hydrogen-bond donors (Lipinski definition) is 2. The Morgan fingerprint density at radius 3 is 2.89 bits per heavy atom. The minimum absolute atomic E-state index is 0.396. The molecular formula is C25H38N2O. The Bertz CT molecular complexity index is 740. The number of fused-ring (bicyclic) bond motifs is 5. The van der Waals surface area contributed by atoms with E-state index in [1.54, 1.807) is 5.57 Å². The van der Waals surface area contributed by atoms with Crippen LogP contribution in [0.1, 0.15) is 56.6 Å². The first-order valence-corrected chi connectivity index (χ1v) is 11.3. The maximum absolute atomic E-state index is 9.93. The maximum Gasteiger partial charge on any atom is 0.115 e. The van der Waals surface area contributed by atoms with Crippen molar-refractivity contribution < 1.29 is 5.11 Å². The number of likely N-dealkylation sites (N-methyl/N-ethyl adjacent to an activating group) is 1. The number of allylic oxidation sites excluding steroid dienone is 1. The van der Waals surface area contributed by atoms with Gasteiger partial charge in [0.2, 0.25) is 0 Å². The predicted molar refractivity (Wildman–Crippen MR) is 117 cm³/mol. The summed E-state index contributed by atoms with van der Waals surface area (Å²) in [6, 6.07) is 6.14. The molecule has 1 aromatic carbocycles. The normalized spacial score (nSPS) is 35.7. The number of hydrogen-bond acceptors (Lipinski definition) is 3. The van der Waals surface area contributed by atoms with Gasteiger partial charge in [-0.05, 0) is 98.5 Å². The van der Waals surface area contributed by atoms with Gasteiger partial charge in [0, 0.05) is 19.6 Å². The first-order valence-electron chi connectivity index (χ1n) is 11.3. The average molecular weight is 383 g/mol. The maximum atomic E-state index is 9.93. The second-order valence-electron chi connectivity index (χ2n) is 10.1. The number of benzene rings is 1. The Labute approximate surface area is 171 Å². The number of phenols is 1. The lowest BCUT2D eigenvalue weighted by Crippen LogP contribution is -2.43. The lowest BCUT2D eigenvalue weighted by Gasteiger charge is -2.52. The smallest absolute Gasteiger partial charge is 0.115 e. The van der Waals surface area contributed by atoms with Gasteiger partial charge in [0.25, 0.3) is 0 Å². The summed E-state index contributed by atoms with van der Waals surface area (Å²) in [6.07, 6.45) is 8.91. The number of nitrogens with one attached hydrogen (secondary N) is 1. The Hall–Kier alpha value is -1.32. The first-order chi connectivity index (χ1) is 13.4. The van der Waals surface area contributed by atoms with Crippen LogP contribution in [0.5, 0.6) is 5.75 Å². The van der Waals surface area contributed by atoms with Gasteiger partial charge >= 0.3 is 0 Å². The average Bonchev–Trinajstić information content (AvgIpc) is 2.97. The molecule has 2 saturated carbocycles. The molecule has 154 valence electrons. The van der Waals surface area contributed by atoms with E-state index in [9.17, 15) is 5.11 Å². The van der Waals surface area contributed by atoms with Crippen LogP contribution in [0.2, 0.25) is 0 Å². The molecule has 3 aliphatic rings. The van der Waals surface area contributed by atoms with Gasteiger partial charge in [0.15, 0.2) is 0 Å². The van der Waals surface area contributed by atoms with Gasteiger partial charge in [-0.1, -0.05) is 31.6 Å². The van der Waals surface area contributed by atoms with E-state index in [2.05, 4.69) is 50.3 Å². The van der Waals surface area contributed by atoms with Gasteiger partial charge < -0.3 is 15.3 Å². The molecule has 0 heterocycles. The number of aromatic hydroxyl groups is 1. The minimum atomic E-state index is 0.396. The predicted octanol–water partition coefficient (Wildman–Crippen LogP) is 4.57. The zero-order chi connectivity index (χ0) is 19.9. The van der Waals surface area contributed by atoms with Crippen LogP contribution in [-0.2, 0) is 6.42 Å². The van der Waals surface area contributed by atoms with Crippen molar-refractivity contribution in [3.05, 3.63) is 41.0 Å². The lowest BCUT2D eigenvalue weighted by molar-refractivity contribution is 0.0489. The highest BCUT2D eigenvalue weighted by atomic mass is 16.3. The molecule has 0 saturated heterocycles. The highest BCUT2D eigenvalue weighted by molar-refractivity contribution is 5.41. The topological polar surface area (TPSA) is 35.5 Å². The van der Waals surface area contributed by atoms with E-state index in [4.69, 9.17) is 0 Å². The van der Waals surface area contributed by atoms with Crippen molar-refractivity contribution in [2.75, 3.05) is 33.7 Å². The van der Waals surface area contributed by atoms with Crippen molar-refractivity contribution in [3.8, 4) is 5.75 Å². The molecular weight excluding hydrogens is 344 g/mol. The monoisotopic (exact) mass is 382 g/mol. The third-order valence-corrected chi connectivity index (χ3v) is 8.13. The molecule has 0 aliphatic heterocycles. The van der Waals surface area contributed by atoms with Gasteiger partial charge in [0.1, 0.15) is 5.75 Å².